The molecule has 1 aromatic heterocycles. The summed E-state index contributed by atoms with van der Waals surface area (Å²) in [5, 5.41) is 5.05. The Morgan fingerprint density at radius 1 is 1.57 bits per heavy atom. The molecular formula is C15H23N3O2S. The molecule has 6 heteroatoms. The molecule has 116 valence electrons. The third-order valence-electron chi connectivity index (χ3n) is 3.93. The van der Waals surface area contributed by atoms with Crippen LogP contribution in [0, 0.1) is 5.92 Å². The Bertz CT molecular complexity index is 487. The van der Waals surface area contributed by atoms with Gasteiger partial charge in [-0.25, -0.2) is 0 Å². The lowest BCUT2D eigenvalue weighted by Gasteiger charge is -2.24. The number of rotatable bonds is 6. The number of nitrogens with zero attached hydrogens (tertiary/aromatic N) is 2. The van der Waals surface area contributed by atoms with Crippen LogP contribution in [0.4, 0.5) is 0 Å². The lowest BCUT2D eigenvalue weighted by atomic mass is 10.1. The van der Waals surface area contributed by atoms with E-state index in [0.29, 0.717) is 26.1 Å². The monoisotopic (exact) mass is 309 g/mol. The van der Waals surface area contributed by atoms with E-state index in [2.05, 4.69) is 16.3 Å². The first-order chi connectivity index (χ1) is 10.0. The highest BCUT2D eigenvalue weighted by Gasteiger charge is 2.33. The summed E-state index contributed by atoms with van der Waals surface area (Å²) >= 11 is 1.69. The Morgan fingerprint density at radius 2 is 2.33 bits per heavy atom. The van der Waals surface area contributed by atoms with Crippen LogP contribution >= 0.6 is 11.3 Å². The zero-order valence-corrected chi connectivity index (χ0v) is 13.7. The zero-order chi connectivity index (χ0) is 15.4. The van der Waals surface area contributed by atoms with Gasteiger partial charge in [0.1, 0.15) is 0 Å². The van der Waals surface area contributed by atoms with Gasteiger partial charge in [-0.3, -0.25) is 9.59 Å². The van der Waals surface area contributed by atoms with Gasteiger partial charge in [0, 0.05) is 30.9 Å². The third kappa shape index (κ3) is 3.83. The van der Waals surface area contributed by atoms with E-state index in [1.807, 2.05) is 32.5 Å². The first-order valence-corrected chi connectivity index (χ1v) is 8.16. The molecule has 1 aliphatic heterocycles. The molecule has 1 fully saturated rings. The first-order valence-electron chi connectivity index (χ1n) is 7.28. The van der Waals surface area contributed by atoms with Crippen LogP contribution in [0.3, 0.4) is 0 Å². The van der Waals surface area contributed by atoms with Gasteiger partial charge >= 0.3 is 0 Å². The molecule has 2 heterocycles. The second kappa shape index (κ2) is 7.04. The summed E-state index contributed by atoms with van der Waals surface area (Å²) in [7, 11) is 4.02. The fraction of sp³-hybridized carbons (Fsp3) is 0.600. The van der Waals surface area contributed by atoms with Gasteiger partial charge in [0.15, 0.2) is 0 Å². The predicted octanol–water partition coefficient (Wildman–Crippen LogP) is 1.34. The summed E-state index contributed by atoms with van der Waals surface area (Å²) in [4.78, 5) is 29.0. The van der Waals surface area contributed by atoms with Crippen LogP contribution in [0.1, 0.15) is 24.3 Å². The quantitative estimate of drug-likeness (QED) is 0.863. The maximum Gasteiger partial charge on any atom is 0.225 e. The van der Waals surface area contributed by atoms with Crippen molar-refractivity contribution >= 4 is 23.2 Å². The Kier molecular flexibility index (Phi) is 5.36. The van der Waals surface area contributed by atoms with Crippen molar-refractivity contribution in [1.82, 2.24) is 15.1 Å². The molecule has 2 atom stereocenters. The first kappa shape index (κ1) is 16.0. The molecule has 1 aliphatic rings. The summed E-state index contributed by atoms with van der Waals surface area (Å²) in [5.74, 6) is -0.133. The molecule has 5 nitrogen and oxygen atoms in total. The maximum absolute atomic E-state index is 12.2. The van der Waals surface area contributed by atoms with E-state index < -0.39 is 0 Å². The number of thiophene rings is 1. The summed E-state index contributed by atoms with van der Waals surface area (Å²) in [6.07, 6.45) is 0.339. The van der Waals surface area contributed by atoms with E-state index in [-0.39, 0.29) is 23.8 Å². The van der Waals surface area contributed by atoms with Gasteiger partial charge in [0.25, 0.3) is 0 Å². The normalized spacial score (nSPS) is 20.1. The largest absolute Gasteiger partial charge is 0.354 e. The molecule has 0 aromatic carbocycles. The highest BCUT2D eigenvalue weighted by molar-refractivity contribution is 7.10. The SMILES string of the molecule is CCN1C[C@@H](C(=O)NC[C@H](c2cccs2)N(C)C)CC1=O. The van der Waals surface area contributed by atoms with Gasteiger partial charge in [-0.15, -0.1) is 11.3 Å². The van der Waals surface area contributed by atoms with Gasteiger partial charge in [-0.2, -0.15) is 0 Å². The number of hydrogen-bond acceptors (Lipinski definition) is 4. The highest BCUT2D eigenvalue weighted by Crippen LogP contribution is 2.23. The summed E-state index contributed by atoms with van der Waals surface area (Å²) in [6.45, 7) is 3.74. The van der Waals surface area contributed by atoms with E-state index in [4.69, 9.17) is 0 Å². The Labute approximate surface area is 129 Å². The van der Waals surface area contributed by atoms with Crippen molar-refractivity contribution < 1.29 is 9.59 Å². The smallest absolute Gasteiger partial charge is 0.225 e. The van der Waals surface area contributed by atoms with E-state index in [9.17, 15) is 9.59 Å². The van der Waals surface area contributed by atoms with Crippen molar-refractivity contribution in [1.29, 1.82) is 0 Å². The summed E-state index contributed by atoms with van der Waals surface area (Å²) in [5.41, 5.74) is 0. The Balaban J connectivity index is 1.90. The van der Waals surface area contributed by atoms with Crippen molar-refractivity contribution in [3.63, 3.8) is 0 Å². The third-order valence-corrected chi connectivity index (χ3v) is 4.91. The Hall–Kier alpha value is -1.40. The molecule has 1 saturated heterocycles. The minimum absolute atomic E-state index is 0.0114. The van der Waals surface area contributed by atoms with Crippen LogP contribution in [0.5, 0.6) is 0 Å². The zero-order valence-electron chi connectivity index (χ0n) is 12.8. The van der Waals surface area contributed by atoms with Crippen LogP contribution in [0.25, 0.3) is 0 Å². The minimum Gasteiger partial charge on any atom is -0.354 e. The van der Waals surface area contributed by atoms with Crippen LogP contribution < -0.4 is 5.32 Å². The van der Waals surface area contributed by atoms with Gasteiger partial charge in [0.05, 0.1) is 12.0 Å². The molecule has 0 spiro atoms. The van der Waals surface area contributed by atoms with Crippen molar-refractivity contribution in [2.75, 3.05) is 33.7 Å². The number of amides is 2. The topological polar surface area (TPSA) is 52.7 Å². The number of likely N-dealkylation sites (tertiary alicyclic amines) is 1. The molecule has 2 amide bonds. The number of hydrogen-bond donors (Lipinski definition) is 1. The second-order valence-electron chi connectivity index (χ2n) is 5.57. The van der Waals surface area contributed by atoms with Crippen molar-refractivity contribution in [2.24, 2.45) is 5.92 Å². The van der Waals surface area contributed by atoms with Crippen molar-refractivity contribution in [3.05, 3.63) is 22.4 Å². The molecule has 0 radical (unpaired) electrons. The highest BCUT2D eigenvalue weighted by atomic mass is 32.1. The summed E-state index contributed by atoms with van der Waals surface area (Å²) < 4.78 is 0. The fourth-order valence-electron chi connectivity index (χ4n) is 2.61. The number of carbonyl (C=O) groups is 2. The lowest BCUT2D eigenvalue weighted by molar-refractivity contribution is -0.128. The number of likely N-dealkylation sites (N-methyl/N-ethyl adjacent to an activating group) is 1. The van der Waals surface area contributed by atoms with Crippen LogP contribution in [-0.4, -0.2) is 55.3 Å². The van der Waals surface area contributed by atoms with Gasteiger partial charge in [0.2, 0.25) is 11.8 Å². The molecule has 21 heavy (non-hydrogen) atoms. The van der Waals surface area contributed by atoms with E-state index in [1.54, 1.807) is 16.2 Å². The summed E-state index contributed by atoms with van der Waals surface area (Å²) in [6, 6.07) is 4.28. The van der Waals surface area contributed by atoms with Crippen LogP contribution in [0.2, 0.25) is 0 Å². The molecule has 0 aliphatic carbocycles. The van der Waals surface area contributed by atoms with Crippen LogP contribution in [0.15, 0.2) is 17.5 Å². The molecular weight excluding hydrogens is 286 g/mol. The number of carbonyl (C=O) groups excluding carboxylic acids is 2. The number of nitrogens with one attached hydrogen (secondary N) is 1. The maximum atomic E-state index is 12.2. The van der Waals surface area contributed by atoms with Gasteiger partial charge in [-0.1, -0.05) is 6.07 Å². The Morgan fingerprint density at radius 3 is 2.86 bits per heavy atom. The van der Waals surface area contributed by atoms with E-state index >= 15 is 0 Å². The molecule has 0 unspecified atom stereocenters. The molecule has 1 N–H and O–H groups in total. The minimum atomic E-state index is -0.205. The van der Waals surface area contributed by atoms with E-state index in [1.165, 1.54) is 4.88 Å². The fourth-order valence-corrected chi connectivity index (χ4v) is 3.54. The average Bonchev–Trinajstić information content (AvgIpc) is 3.07. The van der Waals surface area contributed by atoms with Crippen LogP contribution in [-0.2, 0) is 9.59 Å². The molecule has 1 aromatic rings. The van der Waals surface area contributed by atoms with Crippen molar-refractivity contribution in [2.45, 2.75) is 19.4 Å². The second-order valence-corrected chi connectivity index (χ2v) is 6.55. The predicted molar refractivity (Wildman–Crippen MR) is 84.1 cm³/mol. The van der Waals surface area contributed by atoms with Gasteiger partial charge < -0.3 is 15.1 Å². The van der Waals surface area contributed by atoms with E-state index in [0.717, 1.165) is 0 Å². The standard InChI is InChI=1S/C15H23N3O2S/c1-4-18-10-11(8-14(18)19)15(20)16-9-12(17(2)3)13-6-5-7-21-13/h5-7,11-12H,4,8-10H2,1-3H3,(H,16,20)/t11-,12+/m0/s1. The lowest BCUT2D eigenvalue weighted by Crippen LogP contribution is -2.38. The van der Waals surface area contributed by atoms with Crippen molar-refractivity contribution in [3.8, 4) is 0 Å². The van der Waals surface area contributed by atoms with Gasteiger partial charge in [-0.05, 0) is 32.5 Å². The molecule has 0 saturated carbocycles. The molecule has 0 bridgehead atoms. The average molecular weight is 309 g/mol. The molecule has 2 rings (SSSR count).